The fraction of sp³-hybridized carbons (Fsp3) is 0.333. The van der Waals surface area contributed by atoms with Crippen LogP contribution in [0.4, 0.5) is 14.5 Å². The van der Waals surface area contributed by atoms with Gasteiger partial charge < -0.3 is 9.30 Å². The third-order valence-corrected chi connectivity index (χ3v) is 6.61. The number of rotatable bonds is 7. The van der Waals surface area contributed by atoms with E-state index in [0.717, 1.165) is 12.1 Å². The number of morpholine rings is 1. The fourth-order valence-electron chi connectivity index (χ4n) is 3.69. The highest BCUT2D eigenvalue weighted by atomic mass is 32.2. The van der Waals surface area contributed by atoms with Gasteiger partial charge in [0.15, 0.2) is 5.82 Å². The zero-order valence-electron chi connectivity index (χ0n) is 17.3. The molecule has 0 amide bonds. The summed E-state index contributed by atoms with van der Waals surface area (Å²) in [4.78, 5) is 17.6. The van der Waals surface area contributed by atoms with E-state index in [2.05, 4.69) is 15.0 Å². The van der Waals surface area contributed by atoms with Crippen molar-refractivity contribution in [2.75, 3.05) is 30.2 Å². The number of anilines is 1. The minimum Gasteiger partial charge on any atom is -0.377 e. The maximum absolute atomic E-state index is 15.2. The lowest BCUT2D eigenvalue weighted by Crippen LogP contribution is -2.38. The molecule has 3 heterocycles. The lowest BCUT2D eigenvalue weighted by atomic mass is 10.0. The van der Waals surface area contributed by atoms with Gasteiger partial charge in [0.25, 0.3) is 0 Å². The third kappa shape index (κ3) is 4.23. The van der Waals surface area contributed by atoms with Crippen molar-refractivity contribution in [1.29, 1.82) is 0 Å². The number of benzene rings is 1. The van der Waals surface area contributed by atoms with E-state index < -0.39 is 38.7 Å². The molecule has 0 aliphatic carbocycles. The topological polar surface area (TPSA) is 102 Å². The molecule has 11 heteroatoms. The first kappa shape index (κ1) is 22.3. The fourth-order valence-corrected chi connectivity index (χ4v) is 4.83. The molecule has 1 saturated heterocycles. The van der Waals surface area contributed by atoms with Gasteiger partial charge in [-0.3, -0.25) is 14.8 Å². The van der Waals surface area contributed by atoms with E-state index in [9.17, 15) is 17.6 Å². The molecule has 2 N–H and O–H groups in total. The second kappa shape index (κ2) is 8.93. The van der Waals surface area contributed by atoms with E-state index in [1.807, 2.05) is 0 Å². The van der Waals surface area contributed by atoms with Crippen LogP contribution in [0.5, 0.6) is 0 Å². The molecule has 1 aliphatic heterocycles. The van der Waals surface area contributed by atoms with Crippen molar-refractivity contribution in [3.8, 4) is 0 Å². The predicted molar refractivity (Wildman–Crippen MR) is 115 cm³/mol. The molecule has 4 rings (SSSR count). The maximum atomic E-state index is 15.2. The molecule has 1 aliphatic rings. The lowest BCUT2D eigenvalue weighted by molar-refractivity contribution is 0.0546. The van der Waals surface area contributed by atoms with Crippen molar-refractivity contribution < 1.29 is 26.7 Å². The lowest BCUT2D eigenvalue weighted by Gasteiger charge is -2.25. The van der Waals surface area contributed by atoms with Gasteiger partial charge in [-0.1, -0.05) is 6.92 Å². The maximum Gasteiger partial charge on any atom is 0.232 e. The van der Waals surface area contributed by atoms with Crippen LogP contribution in [0.2, 0.25) is 0 Å². The molecule has 3 aromatic rings. The Bertz CT molecular complexity index is 1270. The van der Waals surface area contributed by atoms with Crippen molar-refractivity contribution in [2.45, 2.75) is 19.5 Å². The van der Waals surface area contributed by atoms with E-state index >= 15 is 4.39 Å². The van der Waals surface area contributed by atoms with Crippen LogP contribution < -0.4 is 10.0 Å². The van der Waals surface area contributed by atoms with Gasteiger partial charge in [0.05, 0.1) is 35.8 Å². The summed E-state index contributed by atoms with van der Waals surface area (Å²) in [5.41, 5.74) is -0.809. The van der Waals surface area contributed by atoms with Crippen molar-refractivity contribution in [3.05, 3.63) is 59.4 Å². The molecule has 0 bridgehead atoms. The number of sulfonamides is 1. The number of hydrogen-bond donors (Lipinski definition) is 2. The molecule has 8 nitrogen and oxygen atoms in total. The molecular weight excluding hydrogens is 442 g/mol. The molecule has 1 unspecified atom stereocenters. The normalized spacial score (nSPS) is 16.9. The van der Waals surface area contributed by atoms with Crippen LogP contribution in [0.3, 0.4) is 0 Å². The zero-order valence-corrected chi connectivity index (χ0v) is 18.1. The Labute approximate surface area is 183 Å². The van der Waals surface area contributed by atoms with Gasteiger partial charge in [-0.05, 0) is 30.7 Å². The first-order valence-electron chi connectivity index (χ1n) is 10.1. The zero-order chi connectivity index (χ0) is 22.9. The van der Waals surface area contributed by atoms with Crippen molar-refractivity contribution in [1.82, 2.24) is 14.9 Å². The summed E-state index contributed by atoms with van der Waals surface area (Å²) in [6.45, 7) is 3.15. The quantitative estimate of drug-likeness (QED) is 0.522. The highest BCUT2D eigenvalue weighted by Gasteiger charge is 2.28. The highest BCUT2D eigenvalue weighted by molar-refractivity contribution is 7.92. The molecule has 1 aromatic carbocycles. The molecule has 1 atom stereocenters. The monoisotopic (exact) mass is 464 g/mol. The number of pyridine rings is 1. The molecule has 0 saturated carbocycles. The largest absolute Gasteiger partial charge is 0.377 e. The number of carbonyl (C=O) groups is 1. The molecule has 1 fully saturated rings. The number of nitrogens with one attached hydrogen (secondary N) is 2. The number of carbonyl (C=O) groups excluding carboxylic acids is 1. The second-order valence-corrected chi connectivity index (χ2v) is 9.25. The van der Waals surface area contributed by atoms with Gasteiger partial charge >= 0.3 is 0 Å². The number of halogens is 2. The van der Waals surface area contributed by atoms with E-state index in [1.165, 1.54) is 6.20 Å². The summed E-state index contributed by atoms with van der Waals surface area (Å²) in [7, 11) is -3.83. The molecule has 170 valence electrons. The Morgan fingerprint density at radius 1 is 1.34 bits per heavy atom. The van der Waals surface area contributed by atoms with Gasteiger partial charge in [-0.15, -0.1) is 0 Å². The number of aromatic nitrogens is 2. The second-order valence-electron chi connectivity index (χ2n) is 7.40. The average molecular weight is 464 g/mol. The average Bonchev–Trinajstić information content (AvgIpc) is 3.16. The Balaban J connectivity index is 1.79. The minimum atomic E-state index is -3.83. The number of fused-ring (bicyclic) bond motifs is 1. The van der Waals surface area contributed by atoms with Gasteiger partial charge in [-0.25, -0.2) is 22.2 Å². The van der Waals surface area contributed by atoms with Crippen molar-refractivity contribution >= 4 is 32.5 Å². The van der Waals surface area contributed by atoms with E-state index in [4.69, 9.17) is 4.74 Å². The highest BCUT2D eigenvalue weighted by Crippen LogP contribution is 2.29. The Morgan fingerprint density at radius 3 is 2.88 bits per heavy atom. The predicted octanol–water partition coefficient (Wildman–Crippen LogP) is 2.82. The smallest absolute Gasteiger partial charge is 0.232 e. The van der Waals surface area contributed by atoms with Gasteiger partial charge in [0, 0.05) is 24.3 Å². The summed E-state index contributed by atoms with van der Waals surface area (Å²) in [5, 5.41) is 3.67. The SMILES string of the molecule is CCCS(=O)(=O)Nc1ccc(F)c(C(=O)c2cn(C3COCCN3)c3ncccc23)c1F. The number of nitrogens with zero attached hydrogens (tertiary/aromatic N) is 2. The van der Waals surface area contributed by atoms with E-state index in [-0.39, 0.29) is 17.5 Å². The van der Waals surface area contributed by atoms with Gasteiger partial charge in [-0.2, -0.15) is 0 Å². The summed E-state index contributed by atoms with van der Waals surface area (Å²) < 4.78 is 63.2. The van der Waals surface area contributed by atoms with Crippen LogP contribution in [0.1, 0.15) is 35.4 Å². The summed E-state index contributed by atoms with van der Waals surface area (Å²) in [6.07, 6.45) is 3.06. The summed E-state index contributed by atoms with van der Waals surface area (Å²) in [6, 6.07) is 5.09. The Morgan fingerprint density at radius 2 is 2.16 bits per heavy atom. The van der Waals surface area contributed by atoms with Crippen LogP contribution in [0, 0.1) is 11.6 Å². The first-order chi connectivity index (χ1) is 15.3. The summed E-state index contributed by atoms with van der Waals surface area (Å²) >= 11 is 0. The first-order valence-corrected chi connectivity index (χ1v) is 11.8. The van der Waals surface area contributed by atoms with E-state index in [0.29, 0.717) is 37.2 Å². The Kier molecular flexibility index (Phi) is 6.22. The van der Waals surface area contributed by atoms with Crippen LogP contribution in [0.15, 0.2) is 36.7 Å². The van der Waals surface area contributed by atoms with Gasteiger partial charge in [0.1, 0.15) is 17.6 Å². The summed E-state index contributed by atoms with van der Waals surface area (Å²) in [5.74, 6) is -3.50. The van der Waals surface area contributed by atoms with E-state index in [1.54, 1.807) is 29.8 Å². The molecular formula is C21H22F2N4O4S. The van der Waals surface area contributed by atoms with Crippen LogP contribution in [-0.4, -0.2) is 49.3 Å². The third-order valence-electron chi connectivity index (χ3n) is 5.13. The Hall–Kier alpha value is -2.89. The van der Waals surface area contributed by atoms with Crippen molar-refractivity contribution in [3.63, 3.8) is 0 Å². The molecule has 32 heavy (non-hydrogen) atoms. The number of hydrogen-bond acceptors (Lipinski definition) is 6. The number of ketones is 1. The van der Waals surface area contributed by atoms with Crippen LogP contribution in [-0.2, 0) is 14.8 Å². The number of ether oxygens (including phenoxy) is 1. The van der Waals surface area contributed by atoms with Crippen LogP contribution in [0.25, 0.3) is 11.0 Å². The molecule has 0 spiro atoms. The van der Waals surface area contributed by atoms with Crippen molar-refractivity contribution in [2.24, 2.45) is 0 Å². The minimum absolute atomic E-state index is 0.0480. The van der Waals surface area contributed by atoms with Gasteiger partial charge in [0.2, 0.25) is 15.8 Å². The molecule has 2 aromatic heterocycles. The van der Waals surface area contributed by atoms with Crippen LogP contribution >= 0.6 is 0 Å². The molecule has 0 radical (unpaired) electrons. The standard InChI is InChI=1S/C21H22F2N4O4S/c1-2-10-32(29,30)26-16-6-5-15(22)18(19(16)23)20(28)14-11-27(17-12-31-9-8-24-17)21-13(14)4-3-7-25-21/h3-7,11,17,24,26H,2,8-10,12H2,1H3.